The van der Waals surface area contributed by atoms with E-state index >= 15 is 0 Å². The van der Waals surface area contributed by atoms with Gasteiger partial charge in [0, 0.05) is 31.1 Å². The standard InChI is InChI=1S/C14H20N4/c1-4-14-17-13(11(3)15)9-18(14)8-12-5-10(2)6-16-7-12/h5-7,9,11H,4,8,15H2,1-3H3/t11-/m1/s1. The Hall–Kier alpha value is -1.68. The van der Waals surface area contributed by atoms with Crippen molar-refractivity contribution < 1.29 is 0 Å². The third-order valence-corrected chi connectivity index (χ3v) is 2.95. The Morgan fingerprint density at radius 2 is 2.17 bits per heavy atom. The van der Waals surface area contributed by atoms with Crippen LogP contribution in [0.15, 0.2) is 24.7 Å². The van der Waals surface area contributed by atoms with E-state index in [0.717, 1.165) is 24.5 Å². The Bertz CT molecular complexity index is 528. The molecule has 0 unspecified atom stereocenters. The average Bonchev–Trinajstić information content (AvgIpc) is 2.72. The maximum atomic E-state index is 5.88. The van der Waals surface area contributed by atoms with Crippen molar-refractivity contribution in [2.75, 3.05) is 0 Å². The van der Waals surface area contributed by atoms with Gasteiger partial charge in [-0.2, -0.15) is 0 Å². The predicted molar refractivity (Wildman–Crippen MR) is 72.3 cm³/mol. The lowest BCUT2D eigenvalue weighted by Crippen LogP contribution is -2.05. The number of pyridine rings is 1. The summed E-state index contributed by atoms with van der Waals surface area (Å²) in [4.78, 5) is 8.78. The van der Waals surface area contributed by atoms with Crippen LogP contribution in [0.4, 0.5) is 0 Å². The van der Waals surface area contributed by atoms with Gasteiger partial charge in [0.25, 0.3) is 0 Å². The largest absolute Gasteiger partial charge is 0.330 e. The minimum absolute atomic E-state index is 0.0211. The summed E-state index contributed by atoms with van der Waals surface area (Å²) in [5.41, 5.74) is 9.20. The Morgan fingerprint density at radius 1 is 1.39 bits per heavy atom. The van der Waals surface area contributed by atoms with Gasteiger partial charge in [-0.1, -0.05) is 13.0 Å². The van der Waals surface area contributed by atoms with E-state index in [-0.39, 0.29) is 6.04 Å². The molecule has 0 spiro atoms. The summed E-state index contributed by atoms with van der Waals surface area (Å²) in [5.74, 6) is 1.07. The second kappa shape index (κ2) is 5.31. The molecule has 18 heavy (non-hydrogen) atoms. The van der Waals surface area contributed by atoms with E-state index in [2.05, 4.69) is 34.4 Å². The summed E-state index contributed by atoms with van der Waals surface area (Å²) in [5, 5.41) is 0. The Morgan fingerprint density at radius 3 is 2.78 bits per heavy atom. The SMILES string of the molecule is CCc1nc([C@@H](C)N)cn1Cc1cncc(C)c1. The van der Waals surface area contributed by atoms with Crippen LogP contribution in [0.25, 0.3) is 0 Å². The fraction of sp³-hybridized carbons (Fsp3) is 0.429. The molecule has 0 saturated carbocycles. The third kappa shape index (κ3) is 2.76. The summed E-state index contributed by atoms with van der Waals surface area (Å²) in [6, 6.07) is 2.13. The van der Waals surface area contributed by atoms with E-state index in [0.29, 0.717) is 0 Å². The fourth-order valence-electron chi connectivity index (χ4n) is 2.02. The van der Waals surface area contributed by atoms with Crippen LogP contribution in [-0.4, -0.2) is 14.5 Å². The Balaban J connectivity index is 2.28. The molecule has 0 saturated heterocycles. The summed E-state index contributed by atoms with van der Waals surface area (Å²) in [6.45, 7) is 6.93. The maximum Gasteiger partial charge on any atom is 0.109 e. The molecule has 0 aliphatic carbocycles. The van der Waals surface area contributed by atoms with Crippen molar-refractivity contribution in [1.29, 1.82) is 0 Å². The van der Waals surface area contributed by atoms with Gasteiger partial charge in [-0.3, -0.25) is 4.98 Å². The van der Waals surface area contributed by atoms with Gasteiger partial charge in [-0.05, 0) is 25.0 Å². The number of aryl methyl sites for hydroxylation is 2. The first kappa shape index (κ1) is 12.8. The molecule has 0 aliphatic heterocycles. The highest BCUT2D eigenvalue weighted by atomic mass is 15.1. The number of hydrogen-bond acceptors (Lipinski definition) is 3. The molecule has 0 aliphatic rings. The summed E-state index contributed by atoms with van der Waals surface area (Å²) >= 11 is 0. The normalized spacial score (nSPS) is 12.7. The molecule has 96 valence electrons. The van der Waals surface area contributed by atoms with E-state index < -0.39 is 0 Å². The van der Waals surface area contributed by atoms with Gasteiger partial charge >= 0.3 is 0 Å². The minimum atomic E-state index is -0.0211. The van der Waals surface area contributed by atoms with E-state index in [1.165, 1.54) is 11.1 Å². The molecule has 2 aromatic rings. The van der Waals surface area contributed by atoms with E-state index in [9.17, 15) is 0 Å². The van der Waals surface area contributed by atoms with Gasteiger partial charge in [-0.15, -0.1) is 0 Å². The molecule has 2 aromatic heterocycles. The monoisotopic (exact) mass is 244 g/mol. The van der Waals surface area contributed by atoms with Crippen molar-refractivity contribution in [2.45, 2.75) is 39.8 Å². The molecular weight excluding hydrogens is 224 g/mol. The predicted octanol–water partition coefficient (Wildman–Crippen LogP) is 2.22. The Kier molecular flexibility index (Phi) is 3.77. The van der Waals surface area contributed by atoms with Gasteiger partial charge in [0.05, 0.1) is 12.2 Å². The number of rotatable bonds is 4. The summed E-state index contributed by atoms with van der Waals surface area (Å²) < 4.78 is 2.16. The highest BCUT2D eigenvalue weighted by Gasteiger charge is 2.09. The third-order valence-electron chi connectivity index (χ3n) is 2.95. The summed E-state index contributed by atoms with van der Waals surface area (Å²) in [7, 11) is 0. The van der Waals surface area contributed by atoms with E-state index in [1.54, 1.807) is 0 Å². The minimum Gasteiger partial charge on any atom is -0.330 e. The average molecular weight is 244 g/mol. The van der Waals surface area contributed by atoms with Gasteiger partial charge in [-0.25, -0.2) is 4.98 Å². The number of hydrogen-bond donors (Lipinski definition) is 1. The van der Waals surface area contributed by atoms with Gasteiger partial charge in [0.1, 0.15) is 5.82 Å². The second-order valence-electron chi connectivity index (χ2n) is 4.72. The van der Waals surface area contributed by atoms with Crippen LogP contribution in [0.1, 0.15) is 42.5 Å². The van der Waals surface area contributed by atoms with Crippen molar-refractivity contribution in [3.8, 4) is 0 Å². The van der Waals surface area contributed by atoms with Crippen LogP contribution in [-0.2, 0) is 13.0 Å². The Labute approximate surface area is 108 Å². The van der Waals surface area contributed by atoms with Crippen LogP contribution >= 0.6 is 0 Å². The number of nitrogens with two attached hydrogens (primary N) is 1. The van der Waals surface area contributed by atoms with Crippen molar-refractivity contribution in [3.05, 3.63) is 47.3 Å². The lowest BCUT2D eigenvalue weighted by Gasteiger charge is -2.06. The molecule has 1 atom stereocenters. The van der Waals surface area contributed by atoms with Crippen LogP contribution in [0.2, 0.25) is 0 Å². The van der Waals surface area contributed by atoms with Crippen molar-refractivity contribution in [1.82, 2.24) is 14.5 Å². The second-order valence-corrected chi connectivity index (χ2v) is 4.72. The van der Waals surface area contributed by atoms with E-state index in [1.807, 2.05) is 25.5 Å². The van der Waals surface area contributed by atoms with Crippen LogP contribution < -0.4 is 5.73 Å². The van der Waals surface area contributed by atoms with Crippen LogP contribution in [0, 0.1) is 6.92 Å². The lowest BCUT2D eigenvalue weighted by molar-refractivity contribution is 0.729. The topological polar surface area (TPSA) is 56.7 Å². The number of nitrogens with zero attached hydrogens (tertiary/aromatic N) is 3. The molecule has 0 aromatic carbocycles. The van der Waals surface area contributed by atoms with E-state index in [4.69, 9.17) is 5.73 Å². The number of aromatic nitrogens is 3. The highest BCUT2D eigenvalue weighted by molar-refractivity contribution is 5.18. The lowest BCUT2D eigenvalue weighted by atomic mass is 10.2. The molecule has 0 bridgehead atoms. The van der Waals surface area contributed by atoms with Crippen molar-refractivity contribution >= 4 is 0 Å². The quantitative estimate of drug-likeness (QED) is 0.897. The molecule has 4 heteroatoms. The zero-order chi connectivity index (χ0) is 13.1. The molecule has 0 amide bonds. The maximum absolute atomic E-state index is 5.88. The van der Waals surface area contributed by atoms with Crippen molar-refractivity contribution in [2.24, 2.45) is 5.73 Å². The molecule has 4 nitrogen and oxygen atoms in total. The summed E-state index contributed by atoms with van der Waals surface area (Å²) in [6.07, 6.45) is 6.72. The zero-order valence-corrected chi connectivity index (χ0v) is 11.2. The molecule has 2 heterocycles. The van der Waals surface area contributed by atoms with Crippen LogP contribution in [0.5, 0.6) is 0 Å². The van der Waals surface area contributed by atoms with Gasteiger partial charge in [0.15, 0.2) is 0 Å². The first-order valence-electron chi connectivity index (χ1n) is 6.32. The zero-order valence-electron chi connectivity index (χ0n) is 11.2. The fourth-order valence-corrected chi connectivity index (χ4v) is 2.02. The molecule has 2 N–H and O–H groups in total. The number of imidazole rings is 1. The van der Waals surface area contributed by atoms with Crippen LogP contribution in [0.3, 0.4) is 0 Å². The molecule has 0 radical (unpaired) electrons. The molecule has 2 rings (SSSR count). The van der Waals surface area contributed by atoms with Gasteiger partial charge in [0.2, 0.25) is 0 Å². The smallest absolute Gasteiger partial charge is 0.109 e. The molecular formula is C14H20N4. The van der Waals surface area contributed by atoms with Gasteiger partial charge < -0.3 is 10.3 Å². The van der Waals surface area contributed by atoms with Crippen molar-refractivity contribution in [3.63, 3.8) is 0 Å². The highest BCUT2D eigenvalue weighted by Crippen LogP contribution is 2.13. The first-order chi connectivity index (χ1) is 8.60. The first-order valence-corrected chi connectivity index (χ1v) is 6.32. The molecule has 0 fully saturated rings.